The van der Waals surface area contributed by atoms with Gasteiger partial charge in [0.15, 0.2) is 5.96 Å². The van der Waals surface area contributed by atoms with Crippen molar-refractivity contribution in [3.63, 3.8) is 0 Å². The van der Waals surface area contributed by atoms with Crippen LogP contribution in [0.4, 0.5) is 0 Å². The number of hydrogen-bond acceptors (Lipinski definition) is 4. The van der Waals surface area contributed by atoms with E-state index in [4.69, 9.17) is 14.5 Å². The van der Waals surface area contributed by atoms with Crippen molar-refractivity contribution < 1.29 is 14.3 Å². The Morgan fingerprint density at radius 3 is 2.58 bits per heavy atom. The fraction of sp³-hybridized carbons (Fsp3) is 0.500. The first kappa shape index (κ1) is 21.4. The van der Waals surface area contributed by atoms with Crippen LogP contribution < -0.4 is 10.1 Å². The van der Waals surface area contributed by atoms with Crippen molar-refractivity contribution in [1.29, 1.82) is 0 Å². The van der Waals surface area contributed by atoms with E-state index in [1.807, 2.05) is 17.0 Å². The van der Waals surface area contributed by atoms with Gasteiger partial charge in [-0.2, -0.15) is 0 Å². The number of hydrogen-bond donors (Lipinski definition) is 1. The topological polar surface area (TPSA) is 66.4 Å². The van der Waals surface area contributed by atoms with Crippen LogP contribution in [0, 0.1) is 0 Å². The predicted molar refractivity (Wildman–Crippen MR) is 122 cm³/mol. The number of guanidine groups is 1. The van der Waals surface area contributed by atoms with Gasteiger partial charge in [0.25, 0.3) is 5.91 Å². The minimum absolute atomic E-state index is 0.145. The summed E-state index contributed by atoms with van der Waals surface area (Å²) >= 11 is 0. The van der Waals surface area contributed by atoms with E-state index >= 15 is 0 Å². The number of amides is 1. The molecule has 1 amide bonds. The third-order valence-electron chi connectivity index (χ3n) is 5.95. The molecule has 2 aromatic carbocycles. The molecular weight excluding hydrogens is 392 g/mol. The maximum Gasteiger partial charge on any atom is 0.251 e. The van der Waals surface area contributed by atoms with E-state index in [-0.39, 0.29) is 12.0 Å². The lowest BCUT2D eigenvalue weighted by molar-refractivity contribution is -0.142. The Balaban J connectivity index is 1.39. The maximum absolute atomic E-state index is 12.6. The number of carbonyl (C=O) groups is 1. The van der Waals surface area contributed by atoms with Gasteiger partial charge < -0.3 is 24.6 Å². The monoisotopic (exact) mass is 424 g/mol. The Morgan fingerprint density at radius 2 is 1.87 bits per heavy atom. The predicted octanol–water partition coefficient (Wildman–Crippen LogP) is 2.64. The van der Waals surface area contributed by atoms with Gasteiger partial charge in [-0.1, -0.05) is 18.2 Å². The first-order chi connectivity index (χ1) is 15.2. The summed E-state index contributed by atoms with van der Waals surface area (Å²) in [6.07, 6.45) is 1.60. The van der Waals surface area contributed by atoms with E-state index in [0.29, 0.717) is 26.2 Å². The molecule has 2 aliphatic heterocycles. The molecule has 0 saturated carbocycles. The minimum Gasteiger partial charge on any atom is -0.497 e. The average Bonchev–Trinajstić information content (AvgIpc) is 3.36. The van der Waals surface area contributed by atoms with Gasteiger partial charge in [0.1, 0.15) is 11.9 Å². The molecule has 2 saturated heterocycles. The molecule has 1 atom stereocenters. The Kier molecular flexibility index (Phi) is 6.92. The summed E-state index contributed by atoms with van der Waals surface area (Å²) < 4.78 is 10.9. The number of carbonyl (C=O) groups excluding carboxylic acids is 1. The van der Waals surface area contributed by atoms with E-state index in [1.165, 1.54) is 10.9 Å². The number of methoxy groups -OCH3 is 1. The lowest BCUT2D eigenvalue weighted by Crippen LogP contribution is -2.55. The lowest BCUT2D eigenvalue weighted by atomic mass is 10.1. The quantitative estimate of drug-likeness (QED) is 0.591. The van der Waals surface area contributed by atoms with Crippen molar-refractivity contribution in [3.8, 4) is 5.75 Å². The Morgan fingerprint density at radius 1 is 1.13 bits per heavy atom. The number of benzene rings is 2. The summed E-state index contributed by atoms with van der Waals surface area (Å²) in [6, 6.07) is 12.5. The molecule has 166 valence electrons. The SMILES string of the molecule is CCNC(=NCc1ccc2cc(OC)ccc2c1)N1CCN(C(=O)C2CCCO2)CC1. The normalized spacial score (nSPS) is 19.7. The lowest BCUT2D eigenvalue weighted by Gasteiger charge is -2.37. The van der Waals surface area contributed by atoms with Crippen molar-refractivity contribution >= 4 is 22.6 Å². The van der Waals surface area contributed by atoms with Crippen LogP contribution in [-0.2, 0) is 16.1 Å². The number of nitrogens with one attached hydrogen (secondary N) is 1. The van der Waals surface area contributed by atoms with Crippen molar-refractivity contribution in [1.82, 2.24) is 15.1 Å². The van der Waals surface area contributed by atoms with Crippen LogP contribution >= 0.6 is 0 Å². The molecule has 0 aromatic heterocycles. The van der Waals surface area contributed by atoms with Crippen molar-refractivity contribution in [2.24, 2.45) is 4.99 Å². The number of nitrogens with zero attached hydrogens (tertiary/aromatic N) is 3. The standard InChI is InChI=1S/C24H32N4O3/c1-3-25-24(28-12-10-27(11-13-28)23(29)22-5-4-14-31-22)26-17-18-6-7-20-16-21(30-2)9-8-19(20)15-18/h6-9,15-16,22H,3-5,10-14,17H2,1-2H3,(H,25,26). The summed E-state index contributed by atoms with van der Waals surface area (Å²) in [6.45, 7) is 7.18. The van der Waals surface area contributed by atoms with Gasteiger partial charge in [-0.3, -0.25) is 4.79 Å². The van der Waals surface area contributed by atoms with Crippen LogP contribution in [-0.4, -0.2) is 74.2 Å². The zero-order valence-electron chi connectivity index (χ0n) is 18.5. The molecule has 4 rings (SSSR count). The Hall–Kier alpha value is -2.80. The Labute approximate surface area is 184 Å². The number of rotatable bonds is 5. The Bertz CT molecular complexity index is 932. The molecule has 0 radical (unpaired) electrons. The largest absolute Gasteiger partial charge is 0.497 e. The van der Waals surface area contributed by atoms with Crippen molar-refractivity contribution in [2.45, 2.75) is 32.4 Å². The zero-order chi connectivity index (χ0) is 21.6. The summed E-state index contributed by atoms with van der Waals surface area (Å²) in [5, 5.41) is 5.74. The van der Waals surface area contributed by atoms with Gasteiger partial charge in [0.2, 0.25) is 0 Å². The highest BCUT2D eigenvalue weighted by molar-refractivity contribution is 5.85. The molecule has 0 aliphatic carbocycles. The highest BCUT2D eigenvalue weighted by atomic mass is 16.5. The molecule has 2 heterocycles. The van der Waals surface area contributed by atoms with E-state index in [9.17, 15) is 4.79 Å². The highest BCUT2D eigenvalue weighted by Crippen LogP contribution is 2.22. The van der Waals surface area contributed by atoms with Crippen LogP contribution in [0.1, 0.15) is 25.3 Å². The number of fused-ring (bicyclic) bond motifs is 1. The van der Waals surface area contributed by atoms with E-state index < -0.39 is 0 Å². The van der Waals surface area contributed by atoms with Crippen LogP contribution in [0.15, 0.2) is 41.4 Å². The third-order valence-corrected chi connectivity index (χ3v) is 5.95. The first-order valence-electron chi connectivity index (χ1n) is 11.2. The fourth-order valence-corrected chi connectivity index (χ4v) is 4.21. The second-order valence-electron chi connectivity index (χ2n) is 8.03. The molecule has 1 N–H and O–H groups in total. The fourth-order valence-electron chi connectivity index (χ4n) is 4.21. The average molecular weight is 425 g/mol. The molecule has 31 heavy (non-hydrogen) atoms. The zero-order valence-corrected chi connectivity index (χ0v) is 18.5. The first-order valence-corrected chi connectivity index (χ1v) is 11.2. The van der Waals surface area contributed by atoms with Gasteiger partial charge in [-0.15, -0.1) is 0 Å². The van der Waals surface area contributed by atoms with Gasteiger partial charge in [0.05, 0.1) is 13.7 Å². The van der Waals surface area contributed by atoms with Crippen LogP contribution in [0.25, 0.3) is 10.8 Å². The maximum atomic E-state index is 12.6. The van der Waals surface area contributed by atoms with Gasteiger partial charge >= 0.3 is 0 Å². The number of piperazine rings is 1. The second kappa shape index (κ2) is 10.0. The van der Waals surface area contributed by atoms with Crippen LogP contribution in [0.5, 0.6) is 5.75 Å². The van der Waals surface area contributed by atoms with Crippen molar-refractivity contribution in [3.05, 3.63) is 42.0 Å². The molecule has 7 nitrogen and oxygen atoms in total. The molecular formula is C24H32N4O3. The highest BCUT2D eigenvalue weighted by Gasteiger charge is 2.30. The number of ether oxygens (including phenoxy) is 2. The van der Waals surface area contributed by atoms with Gasteiger partial charge in [-0.05, 0) is 54.3 Å². The van der Waals surface area contributed by atoms with Crippen molar-refractivity contribution in [2.75, 3.05) is 46.4 Å². The third kappa shape index (κ3) is 5.10. The summed E-state index contributed by atoms with van der Waals surface area (Å²) in [5.41, 5.74) is 1.17. The summed E-state index contributed by atoms with van der Waals surface area (Å²) in [7, 11) is 1.69. The molecule has 0 bridgehead atoms. The molecule has 2 fully saturated rings. The summed E-state index contributed by atoms with van der Waals surface area (Å²) in [4.78, 5) is 21.6. The number of aliphatic imine (C=N–C) groups is 1. The molecule has 2 aromatic rings. The van der Waals surface area contributed by atoms with E-state index in [0.717, 1.165) is 49.6 Å². The van der Waals surface area contributed by atoms with Gasteiger partial charge in [-0.25, -0.2) is 4.99 Å². The summed E-state index contributed by atoms with van der Waals surface area (Å²) in [5.74, 6) is 1.92. The van der Waals surface area contributed by atoms with Crippen LogP contribution in [0.2, 0.25) is 0 Å². The second-order valence-corrected chi connectivity index (χ2v) is 8.03. The molecule has 0 spiro atoms. The van der Waals surface area contributed by atoms with Gasteiger partial charge in [0, 0.05) is 39.3 Å². The minimum atomic E-state index is -0.235. The van der Waals surface area contributed by atoms with Crippen LogP contribution in [0.3, 0.4) is 0 Å². The van der Waals surface area contributed by atoms with E-state index in [1.54, 1.807) is 7.11 Å². The molecule has 7 heteroatoms. The molecule has 1 unspecified atom stereocenters. The van der Waals surface area contributed by atoms with E-state index in [2.05, 4.69) is 41.4 Å². The molecule has 2 aliphatic rings. The smallest absolute Gasteiger partial charge is 0.251 e.